The Bertz CT molecular complexity index is 1290. The highest BCUT2D eigenvalue weighted by Crippen LogP contribution is 2.24. The Morgan fingerprint density at radius 1 is 0.917 bits per heavy atom. The van der Waals surface area contributed by atoms with Crippen LogP contribution >= 0.6 is 0 Å². The highest BCUT2D eigenvalue weighted by atomic mass is 19.2. The Morgan fingerprint density at radius 3 is 2.36 bits per heavy atom. The van der Waals surface area contributed by atoms with E-state index in [1.54, 1.807) is 0 Å². The molecule has 0 saturated heterocycles. The monoisotopic (exact) mass is 498 g/mol. The number of nitro benzene ring substituents is 1. The number of carbonyl (C=O) groups is 3. The van der Waals surface area contributed by atoms with E-state index < -0.39 is 47.5 Å². The number of ether oxygens (including phenoxy) is 1. The molecule has 3 aromatic rings. The van der Waals surface area contributed by atoms with Crippen molar-refractivity contribution in [2.24, 2.45) is 0 Å². The zero-order chi connectivity index (χ0) is 26.1. The molecular weight excluding hydrogens is 478 g/mol. The van der Waals surface area contributed by atoms with E-state index in [1.165, 1.54) is 12.1 Å². The van der Waals surface area contributed by atoms with Crippen LogP contribution in [0.15, 0.2) is 66.7 Å². The van der Waals surface area contributed by atoms with Gasteiger partial charge in [0.15, 0.2) is 18.2 Å². The summed E-state index contributed by atoms with van der Waals surface area (Å²) in [5, 5.41) is 18.6. The van der Waals surface area contributed by atoms with Crippen LogP contribution in [0.5, 0.6) is 0 Å². The van der Waals surface area contributed by atoms with Crippen LogP contribution in [0.1, 0.15) is 15.9 Å². The molecule has 0 atom stereocenters. The van der Waals surface area contributed by atoms with Crippen LogP contribution in [0.2, 0.25) is 0 Å². The van der Waals surface area contributed by atoms with E-state index in [1.807, 2.05) is 30.3 Å². The molecule has 0 unspecified atom stereocenters. The summed E-state index contributed by atoms with van der Waals surface area (Å²) in [5.74, 6) is -4.77. The molecule has 3 rings (SSSR count). The van der Waals surface area contributed by atoms with Crippen LogP contribution in [-0.2, 0) is 20.9 Å². The lowest BCUT2D eigenvalue weighted by Gasteiger charge is -2.12. The molecule has 3 aromatic carbocycles. The molecule has 10 nitrogen and oxygen atoms in total. The summed E-state index contributed by atoms with van der Waals surface area (Å²) >= 11 is 0. The predicted octanol–water partition coefficient (Wildman–Crippen LogP) is 3.40. The zero-order valence-electron chi connectivity index (χ0n) is 18.6. The van der Waals surface area contributed by atoms with Crippen molar-refractivity contribution in [1.29, 1.82) is 0 Å². The maximum atomic E-state index is 13.2. The fourth-order valence-electron chi connectivity index (χ4n) is 2.98. The van der Waals surface area contributed by atoms with Gasteiger partial charge in [-0.15, -0.1) is 0 Å². The molecule has 0 heterocycles. The third kappa shape index (κ3) is 7.32. The number of nitro groups is 1. The summed E-state index contributed by atoms with van der Waals surface area (Å²) in [5.41, 5.74) is 0.660. The van der Waals surface area contributed by atoms with Gasteiger partial charge in [0.1, 0.15) is 0 Å². The number of amides is 2. The Balaban J connectivity index is 1.55. The van der Waals surface area contributed by atoms with Crippen LogP contribution in [-0.4, -0.2) is 35.9 Å². The molecule has 36 heavy (non-hydrogen) atoms. The zero-order valence-corrected chi connectivity index (χ0v) is 18.6. The maximum absolute atomic E-state index is 13.2. The van der Waals surface area contributed by atoms with Gasteiger partial charge in [-0.2, -0.15) is 0 Å². The van der Waals surface area contributed by atoms with Crippen molar-refractivity contribution in [1.82, 2.24) is 5.32 Å². The SMILES string of the molecule is O=C(COC(=O)c1cc([N+](=O)[O-])ccc1NCc1ccccc1)NCC(=O)Nc1ccc(F)c(F)c1. The van der Waals surface area contributed by atoms with Gasteiger partial charge in [0.25, 0.3) is 11.6 Å². The van der Waals surface area contributed by atoms with Crippen LogP contribution in [0.3, 0.4) is 0 Å². The summed E-state index contributed by atoms with van der Waals surface area (Å²) in [6.07, 6.45) is 0. The molecule has 0 saturated carbocycles. The van der Waals surface area contributed by atoms with Crippen molar-refractivity contribution in [3.05, 3.63) is 99.6 Å². The molecule has 12 heteroatoms. The summed E-state index contributed by atoms with van der Waals surface area (Å²) in [6.45, 7) is -0.972. The number of esters is 1. The van der Waals surface area contributed by atoms with Crippen molar-refractivity contribution in [2.75, 3.05) is 23.8 Å². The molecule has 2 amide bonds. The molecule has 186 valence electrons. The quantitative estimate of drug-likeness (QED) is 0.221. The average molecular weight is 498 g/mol. The van der Waals surface area contributed by atoms with E-state index in [2.05, 4.69) is 16.0 Å². The van der Waals surface area contributed by atoms with Gasteiger partial charge < -0.3 is 20.7 Å². The van der Waals surface area contributed by atoms with E-state index in [9.17, 15) is 33.3 Å². The van der Waals surface area contributed by atoms with Crippen LogP contribution in [0, 0.1) is 21.7 Å². The molecule has 0 aromatic heterocycles. The van der Waals surface area contributed by atoms with Crippen molar-refractivity contribution in [2.45, 2.75) is 6.54 Å². The van der Waals surface area contributed by atoms with E-state index in [0.29, 0.717) is 6.54 Å². The smallest absolute Gasteiger partial charge is 0.341 e. The first-order chi connectivity index (χ1) is 17.2. The van der Waals surface area contributed by atoms with Crippen molar-refractivity contribution < 1.29 is 32.8 Å². The number of carbonyl (C=O) groups excluding carboxylic acids is 3. The predicted molar refractivity (Wildman–Crippen MR) is 125 cm³/mol. The first-order valence-corrected chi connectivity index (χ1v) is 10.5. The maximum Gasteiger partial charge on any atom is 0.341 e. The number of rotatable bonds is 10. The normalized spacial score (nSPS) is 10.3. The van der Waals surface area contributed by atoms with E-state index in [-0.39, 0.29) is 22.6 Å². The molecule has 0 spiro atoms. The first-order valence-electron chi connectivity index (χ1n) is 10.5. The van der Waals surface area contributed by atoms with Crippen molar-refractivity contribution in [3.8, 4) is 0 Å². The molecule has 0 fully saturated rings. The van der Waals surface area contributed by atoms with Crippen molar-refractivity contribution in [3.63, 3.8) is 0 Å². The summed E-state index contributed by atoms with van der Waals surface area (Å²) in [6, 6.07) is 15.6. The highest BCUT2D eigenvalue weighted by molar-refractivity contribution is 5.98. The lowest BCUT2D eigenvalue weighted by Crippen LogP contribution is -2.35. The summed E-state index contributed by atoms with van der Waals surface area (Å²) < 4.78 is 31.1. The fourth-order valence-corrected chi connectivity index (χ4v) is 2.98. The highest BCUT2D eigenvalue weighted by Gasteiger charge is 2.19. The topological polar surface area (TPSA) is 140 Å². The number of benzene rings is 3. The second kappa shape index (κ2) is 12.0. The second-order valence-electron chi connectivity index (χ2n) is 7.36. The van der Waals surface area contributed by atoms with Gasteiger partial charge in [-0.3, -0.25) is 19.7 Å². The number of nitrogens with one attached hydrogen (secondary N) is 3. The number of hydrogen-bond donors (Lipinski definition) is 3. The number of nitrogens with zero attached hydrogens (tertiary/aromatic N) is 1. The third-order valence-corrected chi connectivity index (χ3v) is 4.74. The summed E-state index contributed by atoms with van der Waals surface area (Å²) in [4.78, 5) is 46.9. The summed E-state index contributed by atoms with van der Waals surface area (Å²) in [7, 11) is 0. The minimum atomic E-state index is -1.15. The second-order valence-corrected chi connectivity index (χ2v) is 7.36. The van der Waals surface area contributed by atoms with Gasteiger partial charge in [-0.05, 0) is 23.8 Å². The van der Waals surface area contributed by atoms with Gasteiger partial charge in [0, 0.05) is 36.1 Å². The van der Waals surface area contributed by atoms with Gasteiger partial charge in [-0.25, -0.2) is 13.6 Å². The lowest BCUT2D eigenvalue weighted by molar-refractivity contribution is -0.384. The molecule has 0 aliphatic heterocycles. The van der Waals surface area contributed by atoms with E-state index in [0.717, 1.165) is 29.8 Å². The lowest BCUT2D eigenvalue weighted by atomic mass is 10.1. The van der Waals surface area contributed by atoms with Crippen LogP contribution < -0.4 is 16.0 Å². The Labute approximate surface area is 203 Å². The largest absolute Gasteiger partial charge is 0.452 e. The van der Waals surface area contributed by atoms with E-state index in [4.69, 9.17) is 4.74 Å². The standard InChI is InChI=1S/C24H20F2N4O6/c25-19-8-6-16(10-20(19)26)29-22(31)13-28-23(32)14-36-24(33)18-11-17(30(34)35)7-9-21(18)27-12-15-4-2-1-3-5-15/h1-11,27H,12-14H2,(H,28,32)(H,29,31). The average Bonchev–Trinajstić information content (AvgIpc) is 2.87. The molecule has 3 N–H and O–H groups in total. The van der Waals surface area contributed by atoms with Crippen LogP contribution in [0.4, 0.5) is 25.8 Å². The van der Waals surface area contributed by atoms with Gasteiger partial charge >= 0.3 is 5.97 Å². The number of hydrogen-bond acceptors (Lipinski definition) is 7. The minimum absolute atomic E-state index is 0.0132. The molecule has 0 radical (unpaired) electrons. The third-order valence-electron chi connectivity index (χ3n) is 4.74. The molecular formula is C24H20F2N4O6. The Kier molecular flexibility index (Phi) is 8.59. The molecule has 0 aliphatic carbocycles. The fraction of sp³-hybridized carbons (Fsp3) is 0.125. The van der Waals surface area contributed by atoms with Crippen molar-refractivity contribution >= 4 is 34.8 Å². The molecule has 0 aliphatic rings. The van der Waals surface area contributed by atoms with Gasteiger partial charge in [0.05, 0.1) is 17.0 Å². The van der Waals surface area contributed by atoms with Gasteiger partial charge in [0.2, 0.25) is 5.91 Å². The van der Waals surface area contributed by atoms with E-state index >= 15 is 0 Å². The minimum Gasteiger partial charge on any atom is -0.452 e. The number of non-ortho nitro benzene ring substituents is 1. The van der Waals surface area contributed by atoms with Gasteiger partial charge in [-0.1, -0.05) is 30.3 Å². The number of halogens is 2. The molecule has 0 bridgehead atoms. The van der Waals surface area contributed by atoms with Crippen LogP contribution in [0.25, 0.3) is 0 Å². The Morgan fingerprint density at radius 2 is 1.67 bits per heavy atom. The Hall–Kier alpha value is -4.87. The number of anilines is 2. The first kappa shape index (κ1) is 25.7.